The molecule has 0 fully saturated rings. The van der Waals surface area contributed by atoms with E-state index in [0.717, 1.165) is 11.1 Å². The molecule has 1 atom stereocenters. The Morgan fingerprint density at radius 2 is 1.62 bits per heavy atom. The largest absolute Gasteiger partial charge is 0.356 e. The number of aromatic nitrogens is 1. The second-order valence-electron chi connectivity index (χ2n) is 7.86. The van der Waals surface area contributed by atoms with E-state index in [-0.39, 0.29) is 30.7 Å². The molecule has 2 aliphatic rings. The van der Waals surface area contributed by atoms with Crippen LogP contribution in [0.4, 0.5) is 5.69 Å². The Morgan fingerprint density at radius 1 is 0.906 bits per heavy atom. The number of carbonyl (C=O) groups excluding carboxylic acids is 3. The van der Waals surface area contributed by atoms with E-state index >= 15 is 0 Å². The molecule has 0 saturated heterocycles. The highest BCUT2D eigenvalue weighted by Gasteiger charge is 2.47. The summed E-state index contributed by atoms with van der Waals surface area (Å²) in [6.45, 7) is 0.730. The fraction of sp³-hybridized carbons (Fsp3) is 0.200. The second-order valence-corrected chi connectivity index (χ2v) is 7.86. The summed E-state index contributed by atoms with van der Waals surface area (Å²) in [7, 11) is 0. The maximum Gasteiger partial charge on any atom is 0.260 e. The SMILES string of the molecule is O=C(CCN1C(=O)c2ccccc2N2C(=O)c3ccccc3[C@@H]12)NCCc1ccncc1. The highest BCUT2D eigenvalue weighted by atomic mass is 16.2. The smallest absolute Gasteiger partial charge is 0.260 e. The van der Waals surface area contributed by atoms with Crippen LogP contribution in [0.1, 0.15) is 44.4 Å². The Balaban J connectivity index is 1.33. The van der Waals surface area contributed by atoms with Crippen molar-refractivity contribution in [3.63, 3.8) is 0 Å². The van der Waals surface area contributed by atoms with Crippen LogP contribution in [0.25, 0.3) is 0 Å². The first-order valence-corrected chi connectivity index (χ1v) is 10.6. The van der Waals surface area contributed by atoms with Gasteiger partial charge in [-0.15, -0.1) is 0 Å². The van der Waals surface area contributed by atoms with E-state index in [2.05, 4.69) is 10.3 Å². The highest BCUT2D eigenvalue weighted by molar-refractivity contribution is 6.16. The van der Waals surface area contributed by atoms with Gasteiger partial charge in [-0.2, -0.15) is 0 Å². The third-order valence-electron chi connectivity index (χ3n) is 5.95. The number of nitrogens with one attached hydrogen (secondary N) is 1. The minimum atomic E-state index is -0.536. The van der Waals surface area contributed by atoms with Crippen LogP contribution in [0.3, 0.4) is 0 Å². The minimum Gasteiger partial charge on any atom is -0.356 e. The average Bonchev–Trinajstić information content (AvgIpc) is 3.12. The van der Waals surface area contributed by atoms with Crippen LogP contribution in [-0.2, 0) is 11.2 Å². The van der Waals surface area contributed by atoms with Crippen molar-refractivity contribution in [1.29, 1.82) is 0 Å². The lowest BCUT2D eigenvalue weighted by atomic mass is 10.0. The van der Waals surface area contributed by atoms with Crippen molar-refractivity contribution in [3.8, 4) is 0 Å². The Morgan fingerprint density at radius 3 is 2.44 bits per heavy atom. The fourth-order valence-electron chi connectivity index (χ4n) is 4.41. The van der Waals surface area contributed by atoms with Crippen molar-refractivity contribution in [1.82, 2.24) is 15.2 Å². The predicted molar refractivity (Wildman–Crippen MR) is 119 cm³/mol. The molecule has 7 nitrogen and oxygen atoms in total. The van der Waals surface area contributed by atoms with Gasteiger partial charge in [0.2, 0.25) is 5.91 Å². The van der Waals surface area contributed by atoms with Crippen molar-refractivity contribution in [2.45, 2.75) is 19.0 Å². The van der Waals surface area contributed by atoms with Crippen molar-refractivity contribution >= 4 is 23.4 Å². The molecule has 0 bridgehead atoms. The standard InChI is InChI=1S/C25H22N4O3/c30-22(27-15-11-17-9-13-26-14-10-17)12-16-28-23-18-5-1-2-6-19(18)25(32)29(23)21-8-4-3-7-20(21)24(28)31/h1-10,13-14,23H,11-12,15-16H2,(H,27,30)/t23-/m0/s1. The van der Waals surface area contributed by atoms with Gasteiger partial charge in [0.15, 0.2) is 0 Å². The van der Waals surface area contributed by atoms with Crippen LogP contribution in [-0.4, -0.2) is 40.7 Å². The van der Waals surface area contributed by atoms with E-state index in [9.17, 15) is 14.4 Å². The van der Waals surface area contributed by atoms with Crippen LogP contribution in [0, 0.1) is 0 Å². The Hall–Kier alpha value is -4.00. The zero-order valence-electron chi connectivity index (χ0n) is 17.4. The lowest BCUT2D eigenvalue weighted by Gasteiger charge is -2.40. The normalized spacial score (nSPS) is 16.4. The van der Waals surface area contributed by atoms with Crippen LogP contribution in [0.15, 0.2) is 73.1 Å². The number of fused-ring (bicyclic) bond motifs is 5. The van der Waals surface area contributed by atoms with E-state index in [0.29, 0.717) is 29.8 Å². The number of benzene rings is 2. The third kappa shape index (κ3) is 3.41. The number of pyridine rings is 1. The summed E-state index contributed by atoms with van der Waals surface area (Å²) in [5, 5.41) is 2.91. The van der Waals surface area contributed by atoms with Crippen molar-refractivity contribution in [3.05, 3.63) is 95.3 Å². The molecule has 3 aromatic rings. The van der Waals surface area contributed by atoms with Crippen LogP contribution in [0.5, 0.6) is 0 Å². The highest BCUT2D eigenvalue weighted by Crippen LogP contribution is 2.45. The number of para-hydroxylation sites is 1. The monoisotopic (exact) mass is 426 g/mol. The van der Waals surface area contributed by atoms with Gasteiger partial charge in [-0.1, -0.05) is 30.3 Å². The van der Waals surface area contributed by atoms with Crippen molar-refractivity contribution in [2.24, 2.45) is 0 Å². The van der Waals surface area contributed by atoms with Gasteiger partial charge in [-0.25, -0.2) is 0 Å². The van der Waals surface area contributed by atoms with E-state index in [1.54, 1.807) is 46.5 Å². The Labute approximate surface area is 185 Å². The van der Waals surface area contributed by atoms with E-state index in [1.807, 2.05) is 36.4 Å². The van der Waals surface area contributed by atoms with Crippen LogP contribution >= 0.6 is 0 Å². The third-order valence-corrected chi connectivity index (χ3v) is 5.95. The van der Waals surface area contributed by atoms with Gasteiger partial charge in [-0.3, -0.25) is 24.3 Å². The molecule has 2 aromatic carbocycles. The number of hydrogen-bond donors (Lipinski definition) is 1. The lowest BCUT2D eigenvalue weighted by Crippen LogP contribution is -2.49. The van der Waals surface area contributed by atoms with Gasteiger partial charge < -0.3 is 10.2 Å². The molecule has 1 aromatic heterocycles. The van der Waals surface area contributed by atoms with E-state index < -0.39 is 6.17 Å². The summed E-state index contributed by atoms with van der Waals surface area (Å²) in [5.74, 6) is -0.428. The van der Waals surface area contributed by atoms with Crippen molar-refractivity contribution in [2.75, 3.05) is 18.0 Å². The number of rotatable bonds is 6. The Kier molecular flexibility index (Phi) is 5.15. The summed E-state index contributed by atoms with van der Waals surface area (Å²) < 4.78 is 0. The molecule has 7 heteroatoms. The molecule has 3 heterocycles. The molecule has 0 unspecified atom stereocenters. The summed E-state index contributed by atoms with van der Waals surface area (Å²) in [6.07, 6.45) is 3.78. The first-order valence-electron chi connectivity index (χ1n) is 10.6. The molecule has 2 aliphatic heterocycles. The van der Waals surface area contributed by atoms with Gasteiger partial charge in [0.1, 0.15) is 6.17 Å². The van der Waals surface area contributed by atoms with Crippen LogP contribution in [0.2, 0.25) is 0 Å². The molecule has 5 rings (SSSR count). The lowest BCUT2D eigenvalue weighted by molar-refractivity contribution is -0.121. The zero-order valence-corrected chi connectivity index (χ0v) is 17.4. The second kappa shape index (κ2) is 8.26. The van der Waals surface area contributed by atoms with Gasteiger partial charge in [-0.05, 0) is 42.3 Å². The Bertz CT molecular complexity index is 1190. The number of carbonyl (C=O) groups is 3. The molecule has 0 aliphatic carbocycles. The molecule has 160 valence electrons. The minimum absolute atomic E-state index is 0.127. The van der Waals surface area contributed by atoms with Gasteiger partial charge in [0.05, 0.1) is 11.3 Å². The molecule has 0 radical (unpaired) electrons. The molecule has 0 saturated carbocycles. The summed E-state index contributed by atoms with van der Waals surface area (Å²) >= 11 is 0. The summed E-state index contributed by atoms with van der Waals surface area (Å²) in [5.41, 5.74) is 3.57. The topological polar surface area (TPSA) is 82.6 Å². The molecule has 1 N–H and O–H groups in total. The van der Waals surface area contributed by atoms with Gasteiger partial charge >= 0.3 is 0 Å². The molecule has 32 heavy (non-hydrogen) atoms. The van der Waals surface area contributed by atoms with Gasteiger partial charge in [0, 0.05) is 43.0 Å². The van der Waals surface area contributed by atoms with E-state index in [4.69, 9.17) is 0 Å². The maximum atomic E-state index is 13.3. The molecular formula is C25H22N4O3. The quantitative estimate of drug-likeness (QED) is 0.657. The first kappa shape index (κ1) is 19.9. The summed E-state index contributed by atoms with van der Waals surface area (Å²) in [6, 6.07) is 18.3. The number of nitrogens with zero attached hydrogens (tertiary/aromatic N) is 3. The number of hydrogen-bond acceptors (Lipinski definition) is 4. The maximum absolute atomic E-state index is 13.3. The van der Waals surface area contributed by atoms with Gasteiger partial charge in [0.25, 0.3) is 11.8 Å². The molecule has 0 spiro atoms. The number of amides is 3. The van der Waals surface area contributed by atoms with Crippen molar-refractivity contribution < 1.29 is 14.4 Å². The molecule has 3 amide bonds. The van der Waals surface area contributed by atoms with Crippen LogP contribution < -0.4 is 10.2 Å². The fourth-order valence-corrected chi connectivity index (χ4v) is 4.41. The molecular weight excluding hydrogens is 404 g/mol. The summed E-state index contributed by atoms with van der Waals surface area (Å²) in [4.78, 5) is 46.3. The van der Waals surface area contributed by atoms with E-state index in [1.165, 1.54) is 0 Å². The zero-order chi connectivity index (χ0) is 22.1. The predicted octanol–water partition coefficient (Wildman–Crippen LogP) is 2.95. The number of anilines is 1. The first-order chi connectivity index (χ1) is 15.6. The average molecular weight is 426 g/mol.